The van der Waals surface area contributed by atoms with Crippen molar-refractivity contribution in [3.05, 3.63) is 65.5 Å². The summed E-state index contributed by atoms with van der Waals surface area (Å²) in [5.74, 6) is 0.0530. The minimum Gasteiger partial charge on any atom is -0.265 e. The highest BCUT2D eigenvalue weighted by molar-refractivity contribution is 7.88. The van der Waals surface area contributed by atoms with Crippen LogP contribution in [0, 0.1) is 6.92 Å². The molecule has 0 aliphatic heterocycles. The van der Waals surface area contributed by atoms with Crippen LogP contribution in [0.1, 0.15) is 23.6 Å². The number of benzene rings is 1. The van der Waals surface area contributed by atoms with Gasteiger partial charge in [0.05, 0.1) is 5.75 Å². The maximum absolute atomic E-state index is 12.6. The first-order chi connectivity index (χ1) is 10.5. The van der Waals surface area contributed by atoms with Crippen molar-refractivity contribution >= 4 is 10.0 Å². The van der Waals surface area contributed by atoms with Gasteiger partial charge in [0.25, 0.3) is 0 Å². The first-order valence-electron chi connectivity index (χ1n) is 7.43. The van der Waals surface area contributed by atoms with E-state index in [0.29, 0.717) is 19.5 Å². The van der Waals surface area contributed by atoms with Crippen LogP contribution in [0.15, 0.2) is 48.8 Å². The first kappa shape index (κ1) is 16.6. The minimum atomic E-state index is -3.29. The zero-order valence-electron chi connectivity index (χ0n) is 13.1. The van der Waals surface area contributed by atoms with Gasteiger partial charge in [-0.15, -0.1) is 0 Å². The van der Waals surface area contributed by atoms with Crippen molar-refractivity contribution in [2.24, 2.45) is 0 Å². The van der Waals surface area contributed by atoms with E-state index in [0.717, 1.165) is 16.7 Å². The fourth-order valence-electron chi connectivity index (χ4n) is 2.28. The molecular weight excluding hydrogens is 296 g/mol. The second-order valence-electron chi connectivity index (χ2n) is 5.34. The lowest BCUT2D eigenvalue weighted by molar-refractivity contribution is 0.430. The van der Waals surface area contributed by atoms with Gasteiger partial charge in [0.1, 0.15) is 0 Å². The number of rotatable bonds is 7. The van der Waals surface area contributed by atoms with Crippen LogP contribution in [0.4, 0.5) is 0 Å². The van der Waals surface area contributed by atoms with Crippen molar-refractivity contribution in [1.82, 2.24) is 9.29 Å². The number of nitrogens with zero attached hydrogens (tertiary/aromatic N) is 2. The molecular formula is C17H22N2O2S. The molecule has 1 heterocycles. The van der Waals surface area contributed by atoms with Gasteiger partial charge in [0, 0.05) is 25.5 Å². The Kier molecular flexibility index (Phi) is 5.69. The molecule has 0 saturated carbocycles. The molecule has 0 aliphatic rings. The lowest BCUT2D eigenvalue weighted by Crippen LogP contribution is -2.33. The van der Waals surface area contributed by atoms with Crippen LogP contribution in [0.5, 0.6) is 0 Å². The summed E-state index contributed by atoms with van der Waals surface area (Å²) < 4.78 is 26.7. The van der Waals surface area contributed by atoms with Gasteiger partial charge in [-0.05, 0) is 36.6 Å². The molecule has 2 rings (SSSR count). The molecule has 0 atom stereocenters. The lowest BCUT2D eigenvalue weighted by Gasteiger charge is -2.20. The molecule has 1 aromatic heterocycles. The Balaban J connectivity index is 2.03. The summed E-state index contributed by atoms with van der Waals surface area (Å²) in [6, 6.07) is 11.5. The standard InChI is InChI=1S/C17H22N2O2S/c1-3-19(13-10-16-8-11-18-12-9-16)22(20,21)14-17-6-4-15(2)5-7-17/h4-9,11-12H,3,10,13-14H2,1-2H3. The van der Waals surface area contributed by atoms with E-state index < -0.39 is 10.0 Å². The van der Waals surface area contributed by atoms with Gasteiger partial charge < -0.3 is 0 Å². The summed E-state index contributed by atoms with van der Waals surface area (Å²) in [6.07, 6.45) is 4.16. The smallest absolute Gasteiger partial charge is 0.218 e. The Hall–Kier alpha value is -1.72. The zero-order chi connectivity index (χ0) is 16.0. The molecule has 0 saturated heterocycles. The quantitative estimate of drug-likeness (QED) is 0.789. The summed E-state index contributed by atoms with van der Waals surface area (Å²) in [5.41, 5.74) is 3.05. The highest BCUT2D eigenvalue weighted by Crippen LogP contribution is 2.13. The molecule has 0 spiro atoms. The van der Waals surface area contributed by atoms with Crippen LogP contribution in [0.3, 0.4) is 0 Å². The highest BCUT2D eigenvalue weighted by atomic mass is 32.2. The van der Waals surface area contributed by atoms with Crippen molar-refractivity contribution in [2.75, 3.05) is 13.1 Å². The average molecular weight is 318 g/mol. The summed E-state index contributed by atoms with van der Waals surface area (Å²) in [6.45, 7) is 4.85. The molecule has 0 amide bonds. The maximum Gasteiger partial charge on any atom is 0.218 e. The van der Waals surface area contributed by atoms with Gasteiger partial charge in [0.15, 0.2) is 0 Å². The van der Waals surface area contributed by atoms with Gasteiger partial charge >= 0.3 is 0 Å². The lowest BCUT2D eigenvalue weighted by atomic mass is 10.2. The van der Waals surface area contributed by atoms with Crippen molar-refractivity contribution in [3.63, 3.8) is 0 Å². The highest BCUT2D eigenvalue weighted by Gasteiger charge is 2.20. The SMILES string of the molecule is CCN(CCc1ccncc1)S(=O)(=O)Cc1ccc(C)cc1. The van der Waals surface area contributed by atoms with Gasteiger partial charge in [-0.2, -0.15) is 0 Å². The van der Waals surface area contributed by atoms with E-state index >= 15 is 0 Å². The van der Waals surface area contributed by atoms with Crippen LogP contribution < -0.4 is 0 Å². The fraction of sp³-hybridized carbons (Fsp3) is 0.353. The van der Waals surface area contributed by atoms with Gasteiger partial charge in [-0.25, -0.2) is 12.7 Å². The maximum atomic E-state index is 12.6. The minimum absolute atomic E-state index is 0.0530. The number of pyridine rings is 1. The molecule has 4 nitrogen and oxygen atoms in total. The molecule has 0 N–H and O–H groups in total. The van der Waals surface area contributed by atoms with Crippen molar-refractivity contribution < 1.29 is 8.42 Å². The van der Waals surface area contributed by atoms with E-state index in [1.165, 1.54) is 0 Å². The third-order valence-corrected chi connectivity index (χ3v) is 5.54. The Labute approximate surface area is 132 Å². The van der Waals surface area contributed by atoms with E-state index in [1.807, 2.05) is 50.2 Å². The molecule has 118 valence electrons. The fourth-order valence-corrected chi connectivity index (χ4v) is 3.84. The number of hydrogen-bond acceptors (Lipinski definition) is 3. The predicted octanol–water partition coefficient (Wildman–Crippen LogP) is 2.78. The Morgan fingerprint density at radius 1 is 1.00 bits per heavy atom. The summed E-state index contributed by atoms with van der Waals surface area (Å²) in [5, 5.41) is 0. The van der Waals surface area contributed by atoms with Crippen molar-refractivity contribution in [2.45, 2.75) is 26.0 Å². The molecule has 0 fully saturated rings. The van der Waals surface area contributed by atoms with Gasteiger partial charge in [-0.3, -0.25) is 4.98 Å². The second kappa shape index (κ2) is 7.51. The molecule has 5 heteroatoms. The normalized spacial score (nSPS) is 11.8. The van der Waals surface area contributed by atoms with E-state index in [-0.39, 0.29) is 5.75 Å². The Morgan fingerprint density at radius 2 is 1.64 bits per heavy atom. The number of aromatic nitrogens is 1. The average Bonchev–Trinajstić information content (AvgIpc) is 2.51. The predicted molar refractivity (Wildman–Crippen MR) is 89.0 cm³/mol. The molecule has 22 heavy (non-hydrogen) atoms. The molecule has 0 radical (unpaired) electrons. The molecule has 1 aromatic carbocycles. The zero-order valence-corrected chi connectivity index (χ0v) is 13.9. The molecule has 0 aliphatic carbocycles. The summed E-state index contributed by atoms with van der Waals surface area (Å²) in [4.78, 5) is 3.97. The largest absolute Gasteiger partial charge is 0.265 e. The van der Waals surface area contributed by atoms with Gasteiger partial charge in [-0.1, -0.05) is 36.8 Å². The van der Waals surface area contributed by atoms with Crippen LogP contribution in [-0.2, 0) is 22.2 Å². The molecule has 0 bridgehead atoms. The number of sulfonamides is 1. The number of hydrogen-bond donors (Lipinski definition) is 0. The van der Waals surface area contributed by atoms with Crippen LogP contribution in [-0.4, -0.2) is 30.8 Å². The van der Waals surface area contributed by atoms with E-state index in [4.69, 9.17) is 0 Å². The van der Waals surface area contributed by atoms with Crippen LogP contribution >= 0.6 is 0 Å². The third kappa shape index (κ3) is 4.64. The third-order valence-electron chi connectivity index (χ3n) is 3.62. The van der Waals surface area contributed by atoms with Crippen LogP contribution in [0.2, 0.25) is 0 Å². The van der Waals surface area contributed by atoms with E-state index in [2.05, 4.69) is 4.98 Å². The van der Waals surface area contributed by atoms with E-state index in [1.54, 1.807) is 16.7 Å². The number of likely N-dealkylation sites (N-methyl/N-ethyl adjacent to an activating group) is 1. The topological polar surface area (TPSA) is 50.3 Å². The Morgan fingerprint density at radius 3 is 2.23 bits per heavy atom. The monoisotopic (exact) mass is 318 g/mol. The van der Waals surface area contributed by atoms with E-state index in [9.17, 15) is 8.42 Å². The summed E-state index contributed by atoms with van der Waals surface area (Å²) >= 11 is 0. The Bertz CT molecular complexity index is 682. The second-order valence-corrected chi connectivity index (χ2v) is 7.31. The van der Waals surface area contributed by atoms with Crippen LogP contribution in [0.25, 0.3) is 0 Å². The number of aryl methyl sites for hydroxylation is 1. The van der Waals surface area contributed by atoms with Crippen molar-refractivity contribution in [1.29, 1.82) is 0 Å². The molecule has 0 unspecified atom stereocenters. The first-order valence-corrected chi connectivity index (χ1v) is 9.04. The van der Waals surface area contributed by atoms with Crippen molar-refractivity contribution in [3.8, 4) is 0 Å². The summed E-state index contributed by atoms with van der Waals surface area (Å²) in [7, 11) is -3.29. The molecule has 2 aromatic rings. The van der Waals surface area contributed by atoms with Gasteiger partial charge in [0.2, 0.25) is 10.0 Å².